The number of nitrogens with zero attached hydrogens (tertiary/aromatic N) is 5. The van der Waals surface area contributed by atoms with Gasteiger partial charge >= 0.3 is 11.9 Å². The van der Waals surface area contributed by atoms with Crippen LogP contribution in [0.25, 0.3) is 0 Å². The van der Waals surface area contributed by atoms with Crippen LogP contribution in [0.3, 0.4) is 0 Å². The SMILES string of the molecule is CC(C)C[C@H](NC(=O)[C@@H](N)Cc1ccccc1)C(=O)N[C@@H](CO)C(=O)NC(Cc1nnn(CCCC(N)C(=O)n2cnc(C[C@H](NCc3ccccc3)C(=O)NCC(=O)O)c2)c1I)C(=O)O. The van der Waals surface area contributed by atoms with Gasteiger partial charge in [0.1, 0.15) is 34.7 Å². The number of aromatic nitrogens is 5. The van der Waals surface area contributed by atoms with Crippen LogP contribution in [0.1, 0.15) is 60.4 Å². The van der Waals surface area contributed by atoms with Gasteiger partial charge in [-0.1, -0.05) is 79.7 Å². The molecule has 2 aromatic carbocycles. The van der Waals surface area contributed by atoms with Crippen molar-refractivity contribution in [3.05, 3.63) is 99.4 Å². The van der Waals surface area contributed by atoms with Gasteiger partial charge in [0.05, 0.1) is 36.1 Å². The molecule has 0 radical (unpaired) electrons. The number of nitrogens with one attached hydrogen (secondary N) is 5. The summed E-state index contributed by atoms with van der Waals surface area (Å²) in [6.07, 6.45) is 3.47. The smallest absolute Gasteiger partial charge is 0.326 e. The molecule has 0 saturated carbocycles. The number of nitrogens with two attached hydrogens (primary N) is 2. The van der Waals surface area contributed by atoms with Crippen molar-refractivity contribution in [3.8, 4) is 0 Å². The molecule has 2 heterocycles. The van der Waals surface area contributed by atoms with E-state index in [0.717, 1.165) is 11.1 Å². The van der Waals surface area contributed by atoms with E-state index in [4.69, 9.17) is 16.6 Å². The highest BCUT2D eigenvalue weighted by Gasteiger charge is 2.32. The van der Waals surface area contributed by atoms with Gasteiger partial charge in [0.25, 0.3) is 0 Å². The summed E-state index contributed by atoms with van der Waals surface area (Å²) in [5.41, 5.74) is 14.7. The van der Waals surface area contributed by atoms with Crippen LogP contribution in [0.5, 0.6) is 0 Å². The molecule has 2 unspecified atom stereocenters. The molecule has 0 aliphatic heterocycles. The molecule has 356 valence electrons. The lowest BCUT2D eigenvalue weighted by Gasteiger charge is -2.25. The Morgan fingerprint density at radius 2 is 1.38 bits per heavy atom. The van der Waals surface area contributed by atoms with Crippen LogP contribution in [0, 0.1) is 9.62 Å². The molecule has 22 nitrogen and oxygen atoms in total. The second-order valence-electron chi connectivity index (χ2n) is 16.0. The molecule has 0 aliphatic carbocycles. The number of halogens is 1. The number of rotatable bonds is 27. The standard InChI is InChI=1S/C43H57IN12O10/c1-25(2)16-33(50-38(60)30(46)17-26-10-5-3-6-11-26)40(62)52-35(23-57)41(63)51-34(43(65)66)19-31-37(44)56(54-53-31)15-9-14-29(45)42(64)55-22-28(49-24-55)18-32(39(61)48-21-36(58)59)47-20-27-12-7-4-8-13-27/h3-8,10-13,22,24-25,29-30,32-35,47,57H,9,14-21,23,45-46H2,1-2H3,(H,48,61)(H,50,60)(H,51,63)(H,52,62)(H,58,59)(H,65,66)/t29?,30-,32-,33-,34?,35-/m0/s1. The molecule has 12 N–H and O–H groups in total. The summed E-state index contributed by atoms with van der Waals surface area (Å²) in [5, 5.41) is 50.2. The van der Waals surface area contributed by atoms with Crippen LogP contribution >= 0.6 is 22.6 Å². The Balaban J connectivity index is 1.29. The first-order chi connectivity index (χ1) is 31.4. The van der Waals surface area contributed by atoms with Gasteiger partial charge in [0.15, 0.2) is 0 Å². The van der Waals surface area contributed by atoms with Gasteiger partial charge in [-0.3, -0.25) is 33.3 Å². The molecule has 4 rings (SSSR count). The van der Waals surface area contributed by atoms with Crippen LogP contribution in [-0.2, 0) is 61.1 Å². The average molecular weight is 1030 g/mol. The van der Waals surface area contributed by atoms with E-state index in [9.17, 15) is 43.8 Å². The lowest BCUT2D eigenvalue weighted by atomic mass is 10.0. The van der Waals surface area contributed by atoms with Gasteiger partial charge in [-0.25, -0.2) is 14.5 Å². The molecule has 0 fully saturated rings. The van der Waals surface area contributed by atoms with E-state index in [1.54, 1.807) is 0 Å². The molecule has 0 aliphatic rings. The zero-order chi connectivity index (χ0) is 48.3. The summed E-state index contributed by atoms with van der Waals surface area (Å²) in [6.45, 7) is 2.80. The van der Waals surface area contributed by atoms with E-state index in [1.165, 1.54) is 21.8 Å². The van der Waals surface area contributed by atoms with Crippen LogP contribution in [0.2, 0.25) is 0 Å². The maximum atomic E-state index is 13.4. The van der Waals surface area contributed by atoms with Crippen molar-refractivity contribution in [1.82, 2.24) is 51.1 Å². The van der Waals surface area contributed by atoms with E-state index in [1.807, 2.05) is 97.1 Å². The number of aliphatic hydroxyl groups is 1. The number of carboxylic acid groups (broad SMARTS) is 2. The third kappa shape index (κ3) is 16.7. The van der Waals surface area contributed by atoms with Crippen molar-refractivity contribution >= 4 is 64.1 Å². The van der Waals surface area contributed by atoms with Crippen molar-refractivity contribution in [1.29, 1.82) is 0 Å². The lowest BCUT2D eigenvalue weighted by Crippen LogP contribution is -2.58. The summed E-state index contributed by atoms with van der Waals surface area (Å²) in [6, 6.07) is 11.4. The first-order valence-electron chi connectivity index (χ1n) is 21.2. The highest BCUT2D eigenvalue weighted by atomic mass is 127. The quantitative estimate of drug-likeness (QED) is 0.0324. The number of carboxylic acids is 2. The van der Waals surface area contributed by atoms with Crippen molar-refractivity contribution in [2.75, 3.05) is 13.2 Å². The maximum absolute atomic E-state index is 13.4. The minimum Gasteiger partial charge on any atom is -0.480 e. The molecule has 4 amide bonds. The molecular weight excluding hydrogens is 971 g/mol. The Hall–Kier alpha value is -6.15. The second-order valence-corrected chi connectivity index (χ2v) is 17.0. The van der Waals surface area contributed by atoms with Gasteiger partial charge in [0.2, 0.25) is 29.5 Å². The highest BCUT2D eigenvalue weighted by Crippen LogP contribution is 2.14. The summed E-state index contributed by atoms with van der Waals surface area (Å²) in [7, 11) is 0. The minimum absolute atomic E-state index is 0.0533. The largest absolute Gasteiger partial charge is 0.480 e. The Labute approximate surface area is 394 Å². The fourth-order valence-corrected chi connectivity index (χ4v) is 7.30. The number of amides is 4. The summed E-state index contributed by atoms with van der Waals surface area (Å²) in [5.74, 6) is -6.03. The number of benzene rings is 2. The Bertz CT molecular complexity index is 2260. The Morgan fingerprint density at radius 3 is 2.00 bits per heavy atom. The van der Waals surface area contributed by atoms with Crippen LogP contribution < -0.4 is 38.1 Å². The van der Waals surface area contributed by atoms with Gasteiger partial charge in [-0.05, 0) is 65.3 Å². The monoisotopic (exact) mass is 1030 g/mol. The normalized spacial score (nSPS) is 14.0. The Morgan fingerprint density at radius 1 is 0.758 bits per heavy atom. The van der Waals surface area contributed by atoms with Gasteiger partial charge in [-0.2, -0.15) is 0 Å². The first kappa shape index (κ1) is 52.5. The zero-order valence-electron chi connectivity index (χ0n) is 36.5. The summed E-state index contributed by atoms with van der Waals surface area (Å²) >= 11 is 1.93. The van der Waals surface area contributed by atoms with Crippen molar-refractivity contribution in [2.24, 2.45) is 17.4 Å². The number of carbonyl (C=O) groups excluding carboxylic acids is 5. The number of hydrogen-bond donors (Lipinski definition) is 10. The number of aryl methyl sites for hydroxylation is 1. The maximum Gasteiger partial charge on any atom is 0.326 e. The molecule has 4 aromatic rings. The van der Waals surface area contributed by atoms with E-state index >= 15 is 0 Å². The molecule has 0 saturated heterocycles. The molecular formula is C43H57IN12O10. The molecule has 66 heavy (non-hydrogen) atoms. The number of hydrogen-bond acceptors (Lipinski definition) is 14. The molecule has 23 heteroatoms. The minimum atomic E-state index is -1.56. The number of imidazole rings is 1. The van der Waals surface area contributed by atoms with E-state index in [0.29, 0.717) is 22.4 Å². The predicted molar refractivity (Wildman–Crippen MR) is 246 cm³/mol. The lowest BCUT2D eigenvalue weighted by molar-refractivity contribution is -0.142. The van der Waals surface area contributed by atoms with Gasteiger partial charge in [0, 0.05) is 32.1 Å². The van der Waals surface area contributed by atoms with Crippen molar-refractivity contribution < 1.29 is 48.9 Å². The number of aliphatic hydroxyl groups excluding tert-OH is 1. The number of aliphatic carboxylic acids is 2. The van der Waals surface area contributed by atoms with Crippen LogP contribution in [0.4, 0.5) is 0 Å². The topological polar surface area (TPSA) is 341 Å². The second kappa shape index (κ2) is 26.1. The van der Waals surface area contributed by atoms with Crippen molar-refractivity contribution in [3.63, 3.8) is 0 Å². The predicted octanol–water partition coefficient (Wildman–Crippen LogP) is -0.881. The van der Waals surface area contributed by atoms with E-state index in [-0.39, 0.29) is 50.3 Å². The van der Waals surface area contributed by atoms with Crippen LogP contribution in [0.15, 0.2) is 73.2 Å². The summed E-state index contributed by atoms with van der Waals surface area (Å²) < 4.78 is 3.17. The first-order valence-corrected chi connectivity index (χ1v) is 22.2. The molecule has 0 bridgehead atoms. The van der Waals surface area contributed by atoms with Crippen LogP contribution in [-0.4, -0.2) is 131 Å². The van der Waals surface area contributed by atoms with Gasteiger partial charge in [-0.15, -0.1) is 5.10 Å². The third-order valence-electron chi connectivity index (χ3n) is 10.2. The third-order valence-corrected chi connectivity index (χ3v) is 11.4. The van der Waals surface area contributed by atoms with Crippen molar-refractivity contribution in [2.45, 2.75) is 102 Å². The highest BCUT2D eigenvalue weighted by molar-refractivity contribution is 14.1. The van der Waals surface area contributed by atoms with E-state index in [2.05, 4.69) is 41.9 Å². The molecule has 0 spiro atoms. The van der Waals surface area contributed by atoms with E-state index < -0.39 is 90.9 Å². The fraction of sp³-hybridized carbons (Fsp3) is 0.442. The molecule has 6 atom stereocenters. The molecule has 2 aromatic heterocycles. The van der Waals surface area contributed by atoms with Gasteiger partial charge < -0.3 is 53.4 Å². The zero-order valence-corrected chi connectivity index (χ0v) is 38.7. The summed E-state index contributed by atoms with van der Waals surface area (Å²) in [4.78, 5) is 93.3. The number of carbonyl (C=O) groups is 7. The average Bonchev–Trinajstić information content (AvgIpc) is 3.90. The Kier molecular flexibility index (Phi) is 20.8. The fourth-order valence-electron chi connectivity index (χ4n) is 6.63.